The van der Waals surface area contributed by atoms with E-state index in [1.165, 1.54) is 0 Å². The maximum atomic E-state index is 12.2. The van der Waals surface area contributed by atoms with Crippen LogP contribution in [0, 0.1) is 6.92 Å². The zero-order chi connectivity index (χ0) is 15.0. The fourth-order valence-electron chi connectivity index (χ4n) is 2.33. The molecule has 1 amide bonds. The van der Waals surface area contributed by atoms with Gasteiger partial charge in [0.05, 0.1) is 0 Å². The van der Waals surface area contributed by atoms with Crippen molar-refractivity contribution in [3.8, 4) is 0 Å². The Bertz CT molecular complexity index is 912. The van der Waals surface area contributed by atoms with Crippen LogP contribution in [0.2, 0.25) is 0 Å². The standard InChI is InChI=1S/C16H14N2O3/c1-3-13(19)18-15-14-11(8-9(2)17-15)10-6-4-5-7-12(10)21-16(14)20/h4-8H,3H2,1-2H3,(H,17,18,19). The van der Waals surface area contributed by atoms with Crippen LogP contribution in [0.4, 0.5) is 5.82 Å². The van der Waals surface area contributed by atoms with Gasteiger partial charge >= 0.3 is 5.63 Å². The highest BCUT2D eigenvalue weighted by Crippen LogP contribution is 2.27. The second-order valence-electron chi connectivity index (χ2n) is 4.82. The lowest BCUT2D eigenvalue weighted by Gasteiger charge is -2.09. The summed E-state index contributed by atoms with van der Waals surface area (Å²) in [6.07, 6.45) is 0.316. The Morgan fingerprint density at radius 2 is 2.05 bits per heavy atom. The largest absolute Gasteiger partial charge is 0.422 e. The van der Waals surface area contributed by atoms with Gasteiger partial charge in [-0.2, -0.15) is 0 Å². The van der Waals surface area contributed by atoms with Gasteiger partial charge < -0.3 is 9.73 Å². The predicted molar refractivity (Wildman–Crippen MR) is 81.4 cm³/mol. The molecule has 5 nitrogen and oxygen atoms in total. The fourth-order valence-corrected chi connectivity index (χ4v) is 2.33. The molecule has 0 atom stereocenters. The van der Waals surface area contributed by atoms with Crippen LogP contribution in [0.3, 0.4) is 0 Å². The van der Waals surface area contributed by atoms with Crippen LogP contribution in [0.25, 0.3) is 21.7 Å². The Morgan fingerprint density at radius 1 is 1.29 bits per heavy atom. The molecular weight excluding hydrogens is 268 g/mol. The Balaban J connectivity index is 2.42. The quantitative estimate of drug-likeness (QED) is 0.579. The highest BCUT2D eigenvalue weighted by molar-refractivity contribution is 6.10. The maximum absolute atomic E-state index is 12.2. The number of pyridine rings is 1. The summed E-state index contributed by atoms with van der Waals surface area (Å²) in [4.78, 5) is 28.1. The first-order valence-electron chi connectivity index (χ1n) is 6.73. The monoisotopic (exact) mass is 282 g/mol. The molecule has 0 aliphatic rings. The molecule has 0 radical (unpaired) electrons. The number of hydrogen-bond acceptors (Lipinski definition) is 4. The topological polar surface area (TPSA) is 72.2 Å². The van der Waals surface area contributed by atoms with E-state index in [0.29, 0.717) is 17.4 Å². The van der Waals surface area contributed by atoms with Crippen molar-refractivity contribution < 1.29 is 9.21 Å². The number of carbonyl (C=O) groups is 1. The third-order valence-electron chi connectivity index (χ3n) is 3.31. The third-order valence-corrected chi connectivity index (χ3v) is 3.31. The Kier molecular flexibility index (Phi) is 3.17. The first kappa shape index (κ1) is 13.3. The molecule has 3 aromatic rings. The average molecular weight is 282 g/mol. The van der Waals surface area contributed by atoms with Crippen LogP contribution in [0.1, 0.15) is 19.0 Å². The summed E-state index contributed by atoms with van der Waals surface area (Å²) in [7, 11) is 0. The number of nitrogens with zero attached hydrogens (tertiary/aromatic N) is 1. The first-order valence-corrected chi connectivity index (χ1v) is 6.73. The molecule has 0 saturated heterocycles. The van der Waals surface area contributed by atoms with E-state index >= 15 is 0 Å². The molecule has 2 heterocycles. The normalized spacial score (nSPS) is 11.0. The molecular formula is C16H14N2O3. The highest BCUT2D eigenvalue weighted by Gasteiger charge is 2.14. The fraction of sp³-hybridized carbons (Fsp3) is 0.188. The van der Waals surface area contributed by atoms with Crippen LogP contribution < -0.4 is 10.9 Å². The molecule has 1 aromatic carbocycles. The van der Waals surface area contributed by atoms with E-state index in [9.17, 15) is 9.59 Å². The van der Waals surface area contributed by atoms with E-state index in [4.69, 9.17) is 4.42 Å². The first-order chi connectivity index (χ1) is 10.1. The summed E-state index contributed by atoms with van der Waals surface area (Å²) < 4.78 is 5.32. The lowest BCUT2D eigenvalue weighted by Crippen LogP contribution is -2.14. The number of nitrogens with one attached hydrogen (secondary N) is 1. The highest BCUT2D eigenvalue weighted by atomic mass is 16.4. The second-order valence-corrected chi connectivity index (χ2v) is 4.82. The van der Waals surface area contributed by atoms with Crippen molar-refractivity contribution in [3.05, 3.63) is 46.4 Å². The van der Waals surface area contributed by atoms with Crippen molar-refractivity contribution in [1.29, 1.82) is 0 Å². The molecule has 0 bridgehead atoms. The minimum atomic E-state index is -0.498. The molecule has 21 heavy (non-hydrogen) atoms. The van der Waals surface area contributed by atoms with Crippen molar-refractivity contribution in [3.63, 3.8) is 0 Å². The Morgan fingerprint density at radius 3 is 2.81 bits per heavy atom. The summed E-state index contributed by atoms with van der Waals surface area (Å²) in [6, 6.07) is 9.14. The van der Waals surface area contributed by atoms with Crippen LogP contribution in [0.5, 0.6) is 0 Å². The number of para-hydroxylation sites is 1. The van der Waals surface area contributed by atoms with Gasteiger partial charge in [0, 0.05) is 22.9 Å². The van der Waals surface area contributed by atoms with Gasteiger partial charge in [-0.1, -0.05) is 25.1 Å². The van der Waals surface area contributed by atoms with Crippen LogP contribution in [-0.4, -0.2) is 10.9 Å². The summed E-state index contributed by atoms with van der Waals surface area (Å²) in [6.45, 7) is 3.57. The number of rotatable bonds is 2. The zero-order valence-corrected chi connectivity index (χ0v) is 11.8. The number of carbonyl (C=O) groups excluding carboxylic acids is 1. The lowest BCUT2D eigenvalue weighted by atomic mass is 10.1. The minimum absolute atomic E-state index is 0.193. The van der Waals surface area contributed by atoms with Crippen molar-refractivity contribution in [1.82, 2.24) is 4.98 Å². The maximum Gasteiger partial charge on any atom is 0.347 e. The number of fused-ring (bicyclic) bond motifs is 3. The van der Waals surface area contributed by atoms with Crippen molar-refractivity contribution in [2.75, 3.05) is 5.32 Å². The average Bonchev–Trinajstić information content (AvgIpc) is 2.46. The van der Waals surface area contributed by atoms with Gasteiger partial charge in [0.15, 0.2) is 0 Å². The van der Waals surface area contributed by atoms with Crippen LogP contribution >= 0.6 is 0 Å². The number of anilines is 1. The smallest absolute Gasteiger partial charge is 0.347 e. The second kappa shape index (κ2) is 5.01. The van der Waals surface area contributed by atoms with E-state index in [0.717, 1.165) is 16.5 Å². The number of hydrogen-bond donors (Lipinski definition) is 1. The Hall–Kier alpha value is -2.69. The summed E-state index contributed by atoms with van der Waals surface area (Å²) in [5.74, 6) is 0.0679. The van der Waals surface area contributed by atoms with Crippen molar-refractivity contribution in [2.24, 2.45) is 0 Å². The van der Waals surface area contributed by atoms with E-state index in [1.807, 2.05) is 31.2 Å². The van der Waals surface area contributed by atoms with Gasteiger partial charge in [0.2, 0.25) is 5.91 Å². The van der Waals surface area contributed by atoms with Crippen molar-refractivity contribution >= 4 is 33.5 Å². The molecule has 0 unspecified atom stereocenters. The summed E-state index contributed by atoms with van der Waals surface area (Å²) in [5.41, 5.74) is 0.751. The van der Waals surface area contributed by atoms with Crippen LogP contribution in [-0.2, 0) is 4.79 Å². The molecule has 5 heteroatoms. The SMILES string of the molecule is CCC(=O)Nc1nc(C)cc2c1c(=O)oc1ccccc12. The molecule has 2 aromatic heterocycles. The van der Waals surface area contributed by atoms with Gasteiger partial charge in [-0.05, 0) is 19.1 Å². The molecule has 0 aliphatic carbocycles. The molecule has 3 rings (SSSR count). The molecule has 0 saturated carbocycles. The van der Waals surface area contributed by atoms with E-state index in [-0.39, 0.29) is 11.7 Å². The van der Waals surface area contributed by atoms with Gasteiger partial charge in [-0.25, -0.2) is 9.78 Å². The van der Waals surface area contributed by atoms with Gasteiger partial charge in [-0.3, -0.25) is 4.79 Å². The van der Waals surface area contributed by atoms with Crippen LogP contribution in [0.15, 0.2) is 39.5 Å². The number of benzene rings is 1. The molecule has 1 N–H and O–H groups in total. The molecule has 0 fully saturated rings. The van der Waals surface area contributed by atoms with Gasteiger partial charge in [0.25, 0.3) is 0 Å². The Labute approximate surface area is 120 Å². The van der Waals surface area contributed by atoms with E-state index < -0.39 is 5.63 Å². The van der Waals surface area contributed by atoms with Gasteiger partial charge in [0.1, 0.15) is 16.8 Å². The van der Waals surface area contributed by atoms with Crippen molar-refractivity contribution in [2.45, 2.75) is 20.3 Å². The molecule has 0 spiro atoms. The van der Waals surface area contributed by atoms with E-state index in [2.05, 4.69) is 10.3 Å². The molecule has 0 aliphatic heterocycles. The number of amides is 1. The lowest BCUT2D eigenvalue weighted by molar-refractivity contribution is -0.115. The minimum Gasteiger partial charge on any atom is -0.422 e. The number of aryl methyl sites for hydroxylation is 1. The van der Waals surface area contributed by atoms with Gasteiger partial charge in [-0.15, -0.1) is 0 Å². The summed E-state index contributed by atoms with van der Waals surface area (Å²) in [5, 5.41) is 4.54. The van der Waals surface area contributed by atoms with E-state index in [1.54, 1.807) is 13.0 Å². The number of aromatic nitrogens is 1. The predicted octanol–water partition coefficient (Wildman–Crippen LogP) is 3.00. The zero-order valence-electron chi connectivity index (χ0n) is 11.8. The molecule has 106 valence electrons. The third kappa shape index (κ3) is 2.27. The summed E-state index contributed by atoms with van der Waals surface area (Å²) >= 11 is 0.